The van der Waals surface area contributed by atoms with Gasteiger partial charge in [-0.2, -0.15) is 8.78 Å². The van der Waals surface area contributed by atoms with Gasteiger partial charge in [0.15, 0.2) is 11.6 Å². The molecule has 31 heavy (non-hydrogen) atoms. The number of benzene rings is 3. The third-order valence-electron chi connectivity index (χ3n) is 4.35. The molecule has 0 saturated carbocycles. The highest BCUT2D eigenvalue weighted by Crippen LogP contribution is 2.35. The van der Waals surface area contributed by atoms with Gasteiger partial charge in [0.05, 0.1) is 5.56 Å². The SMILES string of the molecule is CCc1ccc(C(F)(F)Oc2ccc(-c3cc(F)c(OC(F)(F)F)c(F)c3)cc2)cc1. The molecule has 0 heterocycles. The van der Waals surface area contributed by atoms with Gasteiger partial charge in [-0.25, -0.2) is 8.78 Å². The Labute approximate surface area is 172 Å². The summed E-state index contributed by atoms with van der Waals surface area (Å²) in [5, 5.41) is 0. The average Bonchev–Trinajstić information content (AvgIpc) is 2.70. The maximum Gasteiger partial charge on any atom is 0.573 e. The molecule has 0 unspecified atom stereocenters. The molecular weight excluding hydrogens is 429 g/mol. The van der Waals surface area contributed by atoms with Crippen LogP contribution in [0, 0.1) is 11.6 Å². The highest BCUT2D eigenvalue weighted by atomic mass is 19.4. The summed E-state index contributed by atoms with van der Waals surface area (Å²) in [6, 6.07) is 11.7. The lowest BCUT2D eigenvalue weighted by Crippen LogP contribution is -2.21. The van der Waals surface area contributed by atoms with Gasteiger partial charge in [-0.3, -0.25) is 0 Å². The quantitative estimate of drug-likeness (QED) is 0.374. The molecule has 0 atom stereocenters. The zero-order chi connectivity index (χ0) is 22.8. The lowest BCUT2D eigenvalue weighted by Gasteiger charge is -2.19. The molecule has 0 fully saturated rings. The van der Waals surface area contributed by atoms with Crippen LogP contribution in [-0.2, 0) is 12.5 Å². The van der Waals surface area contributed by atoms with Gasteiger partial charge >= 0.3 is 12.5 Å². The predicted molar refractivity (Wildman–Crippen MR) is 98.8 cm³/mol. The molecule has 164 valence electrons. The van der Waals surface area contributed by atoms with E-state index in [-0.39, 0.29) is 22.4 Å². The Kier molecular flexibility index (Phi) is 6.15. The fourth-order valence-electron chi connectivity index (χ4n) is 2.80. The molecule has 3 aromatic carbocycles. The Morgan fingerprint density at radius 3 is 1.74 bits per heavy atom. The lowest BCUT2D eigenvalue weighted by molar-refractivity contribution is -0.276. The van der Waals surface area contributed by atoms with Gasteiger partial charge in [-0.05, 0) is 59.5 Å². The number of alkyl halides is 5. The summed E-state index contributed by atoms with van der Waals surface area (Å²) in [6.07, 6.45) is -8.19. The minimum atomic E-state index is -5.26. The molecule has 9 heteroatoms. The number of hydrogen-bond donors (Lipinski definition) is 0. The molecule has 0 spiro atoms. The van der Waals surface area contributed by atoms with Crippen molar-refractivity contribution < 1.29 is 40.2 Å². The summed E-state index contributed by atoms with van der Waals surface area (Å²) >= 11 is 0. The molecule has 3 rings (SSSR count). The largest absolute Gasteiger partial charge is 0.573 e. The molecule has 0 aromatic heterocycles. The minimum Gasteiger partial charge on any atom is -0.429 e. The first kappa shape index (κ1) is 22.5. The van der Waals surface area contributed by atoms with E-state index in [0.29, 0.717) is 18.6 Å². The zero-order valence-corrected chi connectivity index (χ0v) is 15.9. The number of rotatable bonds is 6. The highest BCUT2D eigenvalue weighted by Gasteiger charge is 2.35. The normalized spacial score (nSPS) is 12.0. The third kappa shape index (κ3) is 5.48. The Balaban J connectivity index is 1.79. The summed E-state index contributed by atoms with van der Waals surface area (Å²) in [5.41, 5.74) is 0.588. The van der Waals surface area contributed by atoms with Crippen LogP contribution in [-0.4, -0.2) is 6.36 Å². The van der Waals surface area contributed by atoms with Crippen LogP contribution >= 0.6 is 0 Å². The van der Waals surface area contributed by atoms with Crippen molar-refractivity contribution >= 4 is 0 Å². The van der Waals surface area contributed by atoms with Gasteiger partial charge in [-0.1, -0.05) is 31.2 Å². The van der Waals surface area contributed by atoms with Crippen molar-refractivity contribution in [3.8, 4) is 22.6 Å². The topological polar surface area (TPSA) is 18.5 Å². The number of ether oxygens (including phenoxy) is 2. The first-order valence-corrected chi connectivity index (χ1v) is 9.00. The van der Waals surface area contributed by atoms with E-state index in [0.717, 1.165) is 17.7 Å². The van der Waals surface area contributed by atoms with Crippen LogP contribution in [0.3, 0.4) is 0 Å². The van der Waals surface area contributed by atoms with Crippen LogP contribution in [0.15, 0.2) is 60.7 Å². The van der Waals surface area contributed by atoms with Crippen LogP contribution in [0.5, 0.6) is 11.5 Å². The Hall–Kier alpha value is -3.23. The molecule has 0 radical (unpaired) electrons. The lowest BCUT2D eigenvalue weighted by atomic mass is 10.0. The van der Waals surface area contributed by atoms with Crippen LogP contribution < -0.4 is 9.47 Å². The molecule has 0 aliphatic carbocycles. The van der Waals surface area contributed by atoms with Gasteiger partial charge in [0.2, 0.25) is 5.75 Å². The van der Waals surface area contributed by atoms with E-state index in [1.54, 1.807) is 12.1 Å². The van der Waals surface area contributed by atoms with Crippen molar-refractivity contribution in [2.45, 2.75) is 25.8 Å². The Morgan fingerprint density at radius 1 is 0.710 bits per heavy atom. The smallest absolute Gasteiger partial charge is 0.429 e. The van der Waals surface area contributed by atoms with Crippen LogP contribution in [0.1, 0.15) is 18.1 Å². The van der Waals surface area contributed by atoms with Crippen molar-refractivity contribution in [3.63, 3.8) is 0 Å². The monoisotopic (exact) mass is 444 g/mol. The standard InChI is InChI=1S/C22H15F7O2/c1-2-13-3-7-16(8-4-13)21(25,26)30-17-9-5-14(6-10-17)15-11-18(23)20(19(24)12-15)31-22(27,28)29/h3-12H,2H2,1H3. The van der Waals surface area contributed by atoms with E-state index in [4.69, 9.17) is 4.74 Å². The van der Waals surface area contributed by atoms with Gasteiger partial charge in [0.25, 0.3) is 0 Å². The molecule has 0 bridgehead atoms. The molecule has 0 N–H and O–H groups in total. The predicted octanol–water partition coefficient (Wildman–Crippen LogP) is 7.22. The molecule has 2 nitrogen and oxygen atoms in total. The minimum absolute atomic E-state index is 0.113. The summed E-state index contributed by atoms with van der Waals surface area (Å²) in [7, 11) is 0. The van der Waals surface area contributed by atoms with Crippen LogP contribution in [0.25, 0.3) is 11.1 Å². The van der Waals surface area contributed by atoms with Crippen LogP contribution in [0.4, 0.5) is 30.7 Å². The summed E-state index contributed by atoms with van der Waals surface area (Å²) in [6.45, 7) is 1.89. The third-order valence-corrected chi connectivity index (χ3v) is 4.35. The Morgan fingerprint density at radius 2 is 1.26 bits per heavy atom. The zero-order valence-electron chi connectivity index (χ0n) is 15.9. The van der Waals surface area contributed by atoms with E-state index in [1.165, 1.54) is 24.3 Å². The van der Waals surface area contributed by atoms with E-state index < -0.39 is 29.9 Å². The van der Waals surface area contributed by atoms with Gasteiger partial charge in [-0.15, -0.1) is 13.2 Å². The van der Waals surface area contributed by atoms with Crippen molar-refractivity contribution in [3.05, 3.63) is 83.4 Å². The highest BCUT2D eigenvalue weighted by molar-refractivity contribution is 5.65. The van der Waals surface area contributed by atoms with E-state index >= 15 is 0 Å². The van der Waals surface area contributed by atoms with E-state index in [1.807, 2.05) is 6.92 Å². The van der Waals surface area contributed by atoms with Crippen molar-refractivity contribution in [1.82, 2.24) is 0 Å². The fourth-order valence-corrected chi connectivity index (χ4v) is 2.80. The maximum atomic E-state index is 14.4. The first-order chi connectivity index (χ1) is 14.5. The number of hydrogen-bond acceptors (Lipinski definition) is 2. The van der Waals surface area contributed by atoms with E-state index in [9.17, 15) is 30.7 Å². The molecule has 0 aliphatic heterocycles. The molecule has 0 saturated heterocycles. The van der Waals surface area contributed by atoms with Gasteiger partial charge in [0, 0.05) is 0 Å². The first-order valence-electron chi connectivity index (χ1n) is 9.00. The molecule has 0 aliphatic rings. The molecule has 3 aromatic rings. The number of halogens is 7. The summed E-state index contributed by atoms with van der Waals surface area (Å²) < 4.78 is 101. The van der Waals surface area contributed by atoms with Crippen molar-refractivity contribution in [1.29, 1.82) is 0 Å². The van der Waals surface area contributed by atoms with E-state index in [2.05, 4.69) is 4.74 Å². The van der Waals surface area contributed by atoms with Crippen LogP contribution in [0.2, 0.25) is 0 Å². The fraction of sp³-hybridized carbons (Fsp3) is 0.182. The Bertz CT molecular complexity index is 1020. The number of aryl methyl sites for hydroxylation is 1. The second kappa shape index (κ2) is 8.49. The molecule has 0 amide bonds. The second-order valence-corrected chi connectivity index (χ2v) is 6.51. The van der Waals surface area contributed by atoms with Crippen molar-refractivity contribution in [2.24, 2.45) is 0 Å². The summed E-state index contributed by atoms with van der Waals surface area (Å²) in [5.74, 6) is -4.92. The van der Waals surface area contributed by atoms with Gasteiger partial charge < -0.3 is 9.47 Å². The average molecular weight is 444 g/mol. The summed E-state index contributed by atoms with van der Waals surface area (Å²) in [4.78, 5) is 0. The van der Waals surface area contributed by atoms with Gasteiger partial charge in [0.1, 0.15) is 5.75 Å². The maximum absolute atomic E-state index is 14.4. The molecular formula is C22H15F7O2. The second-order valence-electron chi connectivity index (χ2n) is 6.51. The van der Waals surface area contributed by atoms with Crippen molar-refractivity contribution in [2.75, 3.05) is 0 Å².